The fourth-order valence-corrected chi connectivity index (χ4v) is 3.93. The summed E-state index contributed by atoms with van der Waals surface area (Å²) in [6, 6.07) is 5.29. The monoisotopic (exact) mass is 291 g/mol. The second-order valence-electron chi connectivity index (χ2n) is 6.55. The van der Waals surface area contributed by atoms with Crippen molar-refractivity contribution >= 4 is 0 Å². The van der Waals surface area contributed by atoms with Crippen molar-refractivity contribution in [3.8, 4) is 5.75 Å². The molecule has 0 bridgehead atoms. The van der Waals surface area contributed by atoms with E-state index in [9.17, 15) is 4.39 Å². The summed E-state index contributed by atoms with van der Waals surface area (Å²) in [5.41, 5.74) is 1.03. The molecule has 1 aliphatic heterocycles. The quantitative estimate of drug-likeness (QED) is 0.849. The number of halogens is 1. The standard InChI is InChI=1S/C18H26FNO/c1-2-20-16-13-18(10-6-4-3-5-7-11-18)21-17-12-14(19)8-9-15(16)17/h8-9,12,16,20H,2-7,10-11,13H2,1H3. The average molecular weight is 291 g/mol. The first kappa shape index (κ1) is 14.8. The number of hydrogen-bond acceptors (Lipinski definition) is 2. The van der Waals surface area contributed by atoms with E-state index in [0.717, 1.165) is 37.1 Å². The molecule has 2 nitrogen and oxygen atoms in total. The minimum atomic E-state index is -0.202. The molecule has 2 aliphatic rings. The molecule has 0 aromatic heterocycles. The molecule has 3 heteroatoms. The number of benzene rings is 1. The molecule has 116 valence electrons. The molecule has 1 saturated carbocycles. The van der Waals surface area contributed by atoms with Gasteiger partial charge in [-0.15, -0.1) is 0 Å². The molecule has 0 radical (unpaired) electrons. The van der Waals surface area contributed by atoms with Gasteiger partial charge in [-0.05, 0) is 38.3 Å². The van der Waals surface area contributed by atoms with Crippen LogP contribution in [0.3, 0.4) is 0 Å². The maximum Gasteiger partial charge on any atom is 0.127 e. The lowest BCUT2D eigenvalue weighted by molar-refractivity contribution is 0.00635. The summed E-state index contributed by atoms with van der Waals surface area (Å²) in [7, 11) is 0. The Kier molecular flexibility index (Phi) is 4.48. The lowest BCUT2D eigenvalue weighted by Crippen LogP contribution is -2.44. The molecule has 1 fully saturated rings. The molecule has 0 saturated heterocycles. The van der Waals surface area contributed by atoms with Gasteiger partial charge in [0.2, 0.25) is 0 Å². The summed E-state index contributed by atoms with van der Waals surface area (Å²) in [5.74, 6) is 0.555. The molecular formula is C18H26FNO. The van der Waals surface area contributed by atoms with Crippen molar-refractivity contribution < 1.29 is 9.13 Å². The van der Waals surface area contributed by atoms with Gasteiger partial charge < -0.3 is 10.1 Å². The van der Waals surface area contributed by atoms with Gasteiger partial charge in [-0.1, -0.05) is 32.3 Å². The molecule has 1 heterocycles. The van der Waals surface area contributed by atoms with E-state index in [4.69, 9.17) is 4.74 Å². The van der Waals surface area contributed by atoms with Crippen LogP contribution in [0.5, 0.6) is 5.75 Å². The van der Waals surface area contributed by atoms with Crippen LogP contribution >= 0.6 is 0 Å². The first-order chi connectivity index (χ1) is 10.2. The Bertz CT molecular complexity index is 480. The van der Waals surface area contributed by atoms with Crippen LogP contribution in [0.2, 0.25) is 0 Å². The first-order valence-corrected chi connectivity index (χ1v) is 8.44. The van der Waals surface area contributed by atoms with Crippen molar-refractivity contribution in [1.29, 1.82) is 0 Å². The zero-order valence-corrected chi connectivity index (χ0v) is 13.0. The van der Waals surface area contributed by atoms with Gasteiger partial charge in [-0.3, -0.25) is 0 Å². The Labute approximate surface area is 127 Å². The molecule has 21 heavy (non-hydrogen) atoms. The summed E-state index contributed by atoms with van der Waals surface area (Å²) >= 11 is 0. The van der Waals surface area contributed by atoms with E-state index < -0.39 is 0 Å². The van der Waals surface area contributed by atoms with Gasteiger partial charge in [0, 0.05) is 24.1 Å². The molecule has 1 unspecified atom stereocenters. The molecule has 1 aliphatic carbocycles. The largest absolute Gasteiger partial charge is 0.487 e. The summed E-state index contributed by atoms with van der Waals surface area (Å²) in [4.78, 5) is 0. The number of rotatable bonds is 2. The summed E-state index contributed by atoms with van der Waals surface area (Å²) < 4.78 is 20.0. The predicted molar refractivity (Wildman–Crippen MR) is 83.1 cm³/mol. The van der Waals surface area contributed by atoms with Crippen LogP contribution in [0.25, 0.3) is 0 Å². The smallest absolute Gasteiger partial charge is 0.127 e. The Hall–Kier alpha value is -1.09. The van der Waals surface area contributed by atoms with E-state index in [1.54, 1.807) is 12.1 Å². The van der Waals surface area contributed by atoms with E-state index >= 15 is 0 Å². The Morgan fingerprint density at radius 1 is 1.19 bits per heavy atom. The van der Waals surface area contributed by atoms with Crippen molar-refractivity contribution in [2.45, 2.75) is 69.9 Å². The van der Waals surface area contributed by atoms with Crippen molar-refractivity contribution in [2.75, 3.05) is 6.54 Å². The Morgan fingerprint density at radius 2 is 1.90 bits per heavy atom. The maximum absolute atomic E-state index is 13.6. The van der Waals surface area contributed by atoms with E-state index in [-0.39, 0.29) is 11.4 Å². The number of fused-ring (bicyclic) bond motifs is 1. The van der Waals surface area contributed by atoms with Gasteiger partial charge in [0.1, 0.15) is 17.2 Å². The molecule has 1 aromatic rings. The van der Waals surface area contributed by atoms with E-state index in [1.165, 1.54) is 32.1 Å². The summed E-state index contributed by atoms with van der Waals surface area (Å²) in [6.07, 6.45) is 9.61. The minimum absolute atomic E-state index is 0.0892. The highest BCUT2D eigenvalue weighted by atomic mass is 19.1. The molecule has 1 aromatic carbocycles. The van der Waals surface area contributed by atoms with E-state index in [1.807, 2.05) is 6.07 Å². The van der Waals surface area contributed by atoms with E-state index in [0.29, 0.717) is 6.04 Å². The third-order valence-corrected chi connectivity index (χ3v) is 4.97. The van der Waals surface area contributed by atoms with Crippen LogP contribution in [-0.4, -0.2) is 12.1 Å². The fourth-order valence-electron chi connectivity index (χ4n) is 3.93. The third-order valence-electron chi connectivity index (χ3n) is 4.97. The van der Waals surface area contributed by atoms with Crippen molar-refractivity contribution in [3.63, 3.8) is 0 Å². The van der Waals surface area contributed by atoms with Gasteiger partial charge in [-0.25, -0.2) is 4.39 Å². The molecule has 1 atom stereocenters. The first-order valence-electron chi connectivity index (χ1n) is 8.44. The Balaban J connectivity index is 1.90. The highest BCUT2D eigenvalue weighted by molar-refractivity contribution is 5.39. The van der Waals surface area contributed by atoms with Crippen LogP contribution in [0.15, 0.2) is 18.2 Å². The van der Waals surface area contributed by atoms with Crippen molar-refractivity contribution in [3.05, 3.63) is 29.6 Å². The highest BCUT2D eigenvalue weighted by Gasteiger charge is 2.40. The topological polar surface area (TPSA) is 21.3 Å². The third kappa shape index (κ3) is 3.23. The van der Waals surface area contributed by atoms with Crippen LogP contribution < -0.4 is 10.1 Å². The van der Waals surface area contributed by atoms with Crippen molar-refractivity contribution in [1.82, 2.24) is 5.32 Å². The van der Waals surface area contributed by atoms with Crippen LogP contribution in [0.4, 0.5) is 4.39 Å². The van der Waals surface area contributed by atoms with Gasteiger partial charge in [-0.2, -0.15) is 0 Å². The minimum Gasteiger partial charge on any atom is -0.487 e. The summed E-state index contributed by atoms with van der Waals surface area (Å²) in [6.45, 7) is 3.06. The van der Waals surface area contributed by atoms with Gasteiger partial charge in [0.15, 0.2) is 0 Å². The van der Waals surface area contributed by atoms with Gasteiger partial charge >= 0.3 is 0 Å². The van der Waals surface area contributed by atoms with Gasteiger partial charge in [0.05, 0.1) is 0 Å². The fraction of sp³-hybridized carbons (Fsp3) is 0.667. The second kappa shape index (κ2) is 6.35. The average Bonchev–Trinajstić information content (AvgIpc) is 2.43. The van der Waals surface area contributed by atoms with Crippen LogP contribution in [0.1, 0.15) is 69.9 Å². The lowest BCUT2D eigenvalue weighted by Gasteiger charge is -2.43. The normalized spacial score (nSPS) is 24.8. The molecule has 0 amide bonds. The number of nitrogens with one attached hydrogen (secondary N) is 1. The predicted octanol–water partition coefficient (Wildman–Crippen LogP) is 4.74. The zero-order chi connectivity index (χ0) is 14.7. The van der Waals surface area contributed by atoms with Gasteiger partial charge in [0.25, 0.3) is 0 Å². The summed E-state index contributed by atoms with van der Waals surface area (Å²) in [5, 5.41) is 3.57. The highest BCUT2D eigenvalue weighted by Crippen LogP contribution is 2.45. The Morgan fingerprint density at radius 3 is 2.62 bits per heavy atom. The van der Waals surface area contributed by atoms with Crippen LogP contribution in [0, 0.1) is 5.82 Å². The molecular weight excluding hydrogens is 265 g/mol. The van der Waals surface area contributed by atoms with E-state index in [2.05, 4.69) is 12.2 Å². The maximum atomic E-state index is 13.6. The second-order valence-corrected chi connectivity index (χ2v) is 6.55. The number of hydrogen-bond donors (Lipinski definition) is 1. The van der Waals surface area contributed by atoms with Crippen molar-refractivity contribution in [2.24, 2.45) is 0 Å². The lowest BCUT2D eigenvalue weighted by atomic mass is 9.78. The molecule has 3 rings (SSSR count). The van der Waals surface area contributed by atoms with Crippen LogP contribution in [-0.2, 0) is 0 Å². The zero-order valence-electron chi connectivity index (χ0n) is 13.0. The SMILES string of the molecule is CCNC1CC2(CCCCCCC2)Oc2cc(F)ccc21. The number of ether oxygens (including phenoxy) is 1. The molecule has 1 N–H and O–H groups in total. The molecule has 1 spiro atoms.